The van der Waals surface area contributed by atoms with Crippen LogP contribution in [-0.4, -0.2) is 33.3 Å². The van der Waals surface area contributed by atoms with Gasteiger partial charge in [-0.2, -0.15) is 0 Å². The average Bonchev–Trinajstić information content (AvgIpc) is 2.76. The molecule has 0 saturated heterocycles. The molecule has 1 aliphatic carbocycles. The van der Waals surface area contributed by atoms with Crippen LogP contribution in [0, 0.1) is 0 Å². The van der Waals surface area contributed by atoms with E-state index in [9.17, 15) is 4.79 Å². The predicted octanol–water partition coefficient (Wildman–Crippen LogP) is 3.67. The first-order chi connectivity index (χ1) is 14.1. The number of hydrogen-bond donors (Lipinski definition) is 1. The lowest BCUT2D eigenvalue weighted by atomic mass is 9.91. The molecular formula is C23H29NO5. The summed E-state index contributed by atoms with van der Waals surface area (Å²) >= 11 is 0. The van der Waals surface area contributed by atoms with Gasteiger partial charge in [-0.1, -0.05) is 12.1 Å². The number of amides is 1. The van der Waals surface area contributed by atoms with Crippen LogP contribution in [0.5, 0.6) is 23.0 Å². The Labute approximate surface area is 172 Å². The molecular weight excluding hydrogens is 370 g/mol. The van der Waals surface area contributed by atoms with E-state index in [1.165, 1.54) is 17.5 Å². The van der Waals surface area contributed by atoms with Gasteiger partial charge in [0.1, 0.15) is 5.75 Å². The number of methoxy groups -OCH3 is 3. The minimum atomic E-state index is -0.592. The first kappa shape index (κ1) is 20.8. The number of rotatable bonds is 8. The standard InChI is InChI=1S/C23H29NO5/c1-15(29-19-11-7-9-17-8-5-6-10-18(17)19)23(25)24-14-16-12-20(26-2)22(28-4)21(13-16)27-3/h7,9,11-13,15H,5-6,8,10,14H2,1-4H3,(H,24,25)/t15-/m1/s1. The average molecular weight is 399 g/mol. The maximum absolute atomic E-state index is 12.6. The van der Waals surface area contributed by atoms with Crippen molar-refractivity contribution in [3.05, 3.63) is 47.0 Å². The number of fused-ring (bicyclic) bond motifs is 1. The van der Waals surface area contributed by atoms with Gasteiger partial charge >= 0.3 is 0 Å². The summed E-state index contributed by atoms with van der Waals surface area (Å²) in [6.07, 6.45) is 3.86. The monoisotopic (exact) mass is 399 g/mol. The molecule has 1 aliphatic rings. The van der Waals surface area contributed by atoms with Crippen LogP contribution in [0.2, 0.25) is 0 Å². The molecule has 1 atom stereocenters. The van der Waals surface area contributed by atoms with Crippen LogP contribution in [0.15, 0.2) is 30.3 Å². The number of hydrogen-bond acceptors (Lipinski definition) is 5. The number of aryl methyl sites for hydroxylation is 1. The van der Waals surface area contributed by atoms with Gasteiger partial charge in [0.15, 0.2) is 17.6 Å². The van der Waals surface area contributed by atoms with E-state index in [1.54, 1.807) is 28.3 Å². The van der Waals surface area contributed by atoms with Gasteiger partial charge in [0.25, 0.3) is 5.91 Å². The van der Waals surface area contributed by atoms with E-state index in [1.807, 2.05) is 24.3 Å². The molecule has 0 aromatic heterocycles. The number of ether oxygens (including phenoxy) is 4. The van der Waals surface area contributed by atoms with Gasteiger partial charge in [0.2, 0.25) is 5.75 Å². The fraction of sp³-hybridized carbons (Fsp3) is 0.435. The van der Waals surface area contributed by atoms with E-state index < -0.39 is 6.10 Å². The maximum atomic E-state index is 12.6. The summed E-state index contributed by atoms with van der Waals surface area (Å²) in [6.45, 7) is 2.10. The molecule has 0 fully saturated rings. The van der Waals surface area contributed by atoms with E-state index in [0.29, 0.717) is 23.8 Å². The first-order valence-electron chi connectivity index (χ1n) is 9.91. The van der Waals surface area contributed by atoms with Gasteiger partial charge in [-0.15, -0.1) is 0 Å². The lowest BCUT2D eigenvalue weighted by molar-refractivity contribution is -0.127. The van der Waals surface area contributed by atoms with E-state index in [2.05, 4.69) is 11.4 Å². The van der Waals surface area contributed by atoms with Crippen LogP contribution in [-0.2, 0) is 24.2 Å². The molecule has 6 nitrogen and oxygen atoms in total. The summed E-state index contributed by atoms with van der Waals surface area (Å²) in [5.74, 6) is 2.27. The zero-order valence-electron chi connectivity index (χ0n) is 17.5. The van der Waals surface area contributed by atoms with Gasteiger partial charge in [-0.25, -0.2) is 0 Å². The van der Waals surface area contributed by atoms with Crippen LogP contribution in [0.3, 0.4) is 0 Å². The Morgan fingerprint density at radius 2 is 1.69 bits per heavy atom. The second kappa shape index (κ2) is 9.54. The van der Waals surface area contributed by atoms with E-state index in [-0.39, 0.29) is 5.91 Å². The molecule has 1 N–H and O–H groups in total. The topological polar surface area (TPSA) is 66.0 Å². The third kappa shape index (κ3) is 4.75. The van der Waals surface area contributed by atoms with Crippen molar-refractivity contribution in [2.75, 3.05) is 21.3 Å². The summed E-state index contributed by atoms with van der Waals surface area (Å²) < 4.78 is 22.1. The Morgan fingerprint density at radius 1 is 1.00 bits per heavy atom. The van der Waals surface area contributed by atoms with Gasteiger partial charge < -0.3 is 24.3 Å². The molecule has 0 spiro atoms. The second-order valence-corrected chi connectivity index (χ2v) is 7.11. The fourth-order valence-electron chi connectivity index (χ4n) is 3.67. The quantitative estimate of drug-likeness (QED) is 0.734. The van der Waals surface area contributed by atoms with Crippen LogP contribution in [0.1, 0.15) is 36.5 Å². The fourth-order valence-corrected chi connectivity index (χ4v) is 3.67. The van der Waals surface area contributed by atoms with E-state index in [0.717, 1.165) is 30.6 Å². The summed E-state index contributed by atoms with van der Waals surface area (Å²) in [5.41, 5.74) is 3.42. The lowest BCUT2D eigenvalue weighted by Gasteiger charge is -2.22. The predicted molar refractivity (Wildman–Crippen MR) is 111 cm³/mol. The Kier molecular flexibility index (Phi) is 6.86. The van der Waals surface area contributed by atoms with Gasteiger partial charge in [0, 0.05) is 6.54 Å². The summed E-state index contributed by atoms with van der Waals surface area (Å²) in [7, 11) is 4.69. The molecule has 0 bridgehead atoms. The minimum absolute atomic E-state index is 0.174. The zero-order valence-corrected chi connectivity index (χ0v) is 17.5. The highest BCUT2D eigenvalue weighted by atomic mass is 16.5. The molecule has 156 valence electrons. The Hall–Kier alpha value is -2.89. The minimum Gasteiger partial charge on any atom is -0.493 e. The maximum Gasteiger partial charge on any atom is 0.261 e. The highest BCUT2D eigenvalue weighted by molar-refractivity contribution is 5.80. The third-order valence-corrected chi connectivity index (χ3v) is 5.22. The molecule has 0 unspecified atom stereocenters. The molecule has 0 radical (unpaired) electrons. The molecule has 29 heavy (non-hydrogen) atoms. The van der Waals surface area contributed by atoms with Crippen LogP contribution < -0.4 is 24.3 Å². The number of benzene rings is 2. The van der Waals surface area contributed by atoms with Crippen molar-refractivity contribution in [2.45, 2.75) is 45.3 Å². The van der Waals surface area contributed by atoms with Crippen molar-refractivity contribution in [3.63, 3.8) is 0 Å². The summed E-state index contributed by atoms with van der Waals surface area (Å²) in [6, 6.07) is 9.74. The number of carbonyl (C=O) groups excluding carboxylic acids is 1. The zero-order chi connectivity index (χ0) is 20.8. The smallest absolute Gasteiger partial charge is 0.261 e. The van der Waals surface area contributed by atoms with Crippen LogP contribution >= 0.6 is 0 Å². The third-order valence-electron chi connectivity index (χ3n) is 5.22. The van der Waals surface area contributed by atoms with Crippen molar-refractivity contribution < 1.29 is 23.7 Å². The largest absolute Gasteiger partial charge is 0.493 e. The Bertz CT molecular complexity index is 839. The highest BCUT2D eigenvalue weighted by Crippen LogP contribution is 2.38. The first-order valence-corrected chi connectivity index (χ1v) is 9.91. The van der Waals surface area contributed by atoms with Gasteiger partial charge in [-0.3, -0.25) is 4.79 Å². The molecule has 3 rings (SSSR count). The summed E-state index contributed by atoms with van der Waals surface area (Å²) in [5, 5.41) is 2.92. The van der Waals surface area contributed by atoms with Crippen molar-refractivity contribution in [3.8, 4) is 23.0 Å². The van der Waals surface area contributed by atoms with Crippen LogP contribution in [0.25, 0.3) is 0 Å². The Balaban J connectivity index is 1.65. The molecule has 2 aromatic rings. The van der Waals surface area contributed by atoms with Gasteiger partial charge in [0.05, 0.1) is 21.3 Å². The molecule has 0 heterocycles. The molecule has 2 aromatic carbocycles. The summed E-state index contributed by atoms with van der Waals surface area (Å²) in [4.78, 5) is 12.6. The van der Waals surface area contributed by atoms with Gasteiger partial charge in [-0.05, 0) is 67.5 Å². The van der Waals surface area contributed by atoms with Crippen LogP contribution in [0.4, 0.5) is 0 Å². The molecule has 6 heteroatoms. The molecule has 0 saturated carbocycles. The highest BCUT2D eigenvalue weighted by Gasteiger charge is 2.20. The van der Waals surface area contributed by atoms with Crippen molar-refractivity contribution in [1.82, 2.24) is 5.32 Å². The number of carbonyl (C=O) groups is 1. The molecule has 1 amide bonds. The van der Waals surface area contributed by atoms with E-state index in [4.69, 9.17) is 18.9 Å². The van der Waals surface area contributed by atoms with Crippen molar-refractivity contribution in [2.24, 2.45) is 0 Å². The second-order valence-electron chi connectivity index (χ2n) is 7.11. The number of nitrogens with one attached hydrogen (secondary N) is 1. The lowest BCUT2D eigenvalue weighted by Crippen LogP contribution is -2.36. The Morgan fingerprint density at radius 3 is 2.34 bits per heavy atom. The van der Waals surface area contributed by atoms with Crippen molar-refractivity contribution in [1.29, 1.82) is 0 Å². The SMILES string of the molecule is COc1cc(CNC(=O)[C@@H](C)Oc2cccc3c2CCCC3)cc(OC)c1OC. The van der Waals surface area contributed by atoms with E-state index >= 15 is 0 Å². The normalized spacial score (nSPS) is 13.8. The molecule has 0 aliphatic heterocycles. The van der Waals surface area contributed by atoms with Crippen molar-refractivity contribution >= 4 is 5.91 Å².